The number of aromatic nitrogens is 2. The molecule has 0 unspecified atom stereocenters. The first-order chi connectivity index (χ1) is 38.0. The summed E-state index contributed by atoms with van der Waals surface area (Å²) in [5.41, 5.74) is 9.21. The van der Waals surface area contributed by atoms with Gasteiger partial charge in [-0.2, -0.15) is 0 Å². The van der Waals surface area contributed by atoms with E-state index in [-0.39, 0.29) is 53.1 Å². The van der Waals surface area contributed by atoms with Crippen LogP contribution in [0.15, 0.2) is 183 Å². The van der Waals surface area contributed by atoms with Gasteiger partial charge in [0.25, 0.3) is 0 Å². The Morgan fingerprint density at radius 2 is 0.643 bits per heavy atom. The molecule has 0 N–H and O–H groups in total. The van der Waals surface area contributed by atoms with Gasteiger partial charge in [-0.1, -0.05) is 125 Å². The topological polar surface area (TPSA) is 91.5 Å². The molecule has 10 nitrogen and oxygen atoms in total. The van der Waals surface area contributed by atoms with Crippen LogP contribution in [0.1, 0.15) is 105 Å². The Hall–Kier alpha value is -6.54. The molecule has 3 radical (unpaired) electrons. The number of hydrogen-bond acceptors (Lipinski definition) is 8. The summed E-state index contributed by atoms with van der Waals surface area (Å²) in [4.78, 5) is 0. The number of halogens is 1. The fourth-order valence-electron chi connectivity index (χ4n) is 11.4. The molecule has 3 saturated heterocycles. The third-order valence-electron chi connectivity index (χ3n) is 17.9. The molecule has 0 spiro atoms. The Bertz CT molecular complexity index is 4230. The summed E-state index contributed by atoms with van der Waals surface area (Å²) in [6.07, 6.45) is 0. The van der Waals surface area contributed by atoms with Gasteiger partial charge >= 0.3 is 21.1 Å². The van der Waals surface area contributed by atoms with Gasteiger partial charge in [-0.05, 0) is 166 Å². The second kappa shape index (κ2) is 22.1. The number of fused-ring (bicyclic) bond motifs is 12. The summed E-state index contributed by atoms with van der Waals surface area (Å²) in [5, 5.41) is 9.45. The molecule has 0 bridgehead atoms. The summed E-state index contributed by atoms with van der Waals surface area (Å²) >= 11 is 3.60. The van der Waals surface area contributed by atoms with Crippen LogP contribution in [0.2, 0.25) is 0 Å². The van der Waals surface area contributed by atoms with E-state index in [1.807, 2.05) is 67.5 Å². The Morgan fingerprint density at radius 1 is 0.333 bits per heavy atom. The van der Waals surface area contributed by atoms with Gasteiger partial charge in [-0.15, -0.1) is 0 Å². The highest BCUT2D eigenvalue weighted by molar-refractivity contribution is 9.10. The molecular formula is C69H76B4BrN2O8. The van der Waals surface area contributed by atoms with Crippen molar-refractivity contribution in [1.29, 1.82) is 0 Å². The number of hydrogen-bond donors (Lipinski definition) is 0. The van der Waals surface area contributed by atoms with E-state index in [1.54, 1.807) is 0 Å². The predicted octanol–water partition coefficient (Wildman–Crippen LogP) is 18.2. The second-order valence-corrected chi connectivity index (χ2v) is 25.3. The van der Waals surface area contributed by atoms with Crippen molar-refractivity contribution in [3.63, 3.8) is 0 Å². The number of benzene rings is 8. The van der Waals surface area contributed by atoms with Crippen LogP contribution in [0.4, 0.5) is 0 Å². The smallest absolute Gasteiger partial charge is 0.456 e. The lowest BCUT2D eigenvalue weighted by Crippen LogP contribution is -2.41. The lowest BCUT2D eigenvalue weighted by atomic mass is 9.49. The zero-order valence-corrected chi connectivity index (χ0v) is 49.6. The van der Waals surface area contributed by atoms with Gasteiger partial charge < -0.3 is 45.9 Å². The molecule has 7 heterocycles. The maximum atomic E-state index is 6.41. The van der Waals surface area contributed by atoms with E-state index in [0.29, 0.717) is 0 Å². The highest BCUT2D eigenvalue weighted by Crippen LogP contribution is 2.44. The van der Waals surface area contributed by atoms with Crippen molar-refractivity contribution in [2.75, 3.05) is 0 Å². The lowest BCUT2D eigenvalue weighted by molar-refractivity contribution is 0.00578. The molecule has 15 heteroatoms. The molecule has 0 saturated carbocycles. The molecule has 8 aromatic carbocycles. The Kier molecular flexibility index (Phi) is 16.3. The van der Waals surface area contributed by atoms with E-state index in [4.69, 9.17) is 36.8 Å². The first-order valence-corrected chi connectivity index (χ1v) is 28.4. The van der Waals surface area contributed by atoms with Crippen molar-refractivity contribution in [2.45, 2.75) is 139 Å². The van der Waals surface area contributed by atoms with Crippen LogP contribution in [-0.4, -0.2) is 72.3 Å². The third kappa shape index (κ3) is 10.0. The summed E-state index contributed by atoms with van der Waals surface area (Å²) < 4.78 is 54.7. The standard InChI is InChI=1S/C30H26BNO3.C24H14BrNO.C12H24B2O4.3CH4.B/c1-29(2)30(3,4)35-31(34-29)24-13-9-12-22-23-18-19(16-17-27(23)33-28(22)24)32-25-14-7-5-10-20(25)21-11-6-8-15-26(21)32;25-20-9-5-8-18-19-14-15(12-13-23(19)27-24(18)20)26-21-10-3-1-6-16(21)17-7-2-4-11-22(17)26;1-9(2)10(3,4)16-13(15-9)14-17-11(5,6)12(7,8)18-14;;;;/h5-18H,1-4H3;1-14H;1-8H3;3*1H4;. The molecule has 0 atom stereocenters. The van der Waals surface area contributed by atoms with Gasteiger partial charge in [0, 0.05) is 68.3 Å². The van der Waals surface area contributed by atoms with Crippen molar-refractivity contribution >= 4 is 138 Å². The number of para-hydroxylation sites is 6. The Balaban J connectivity index is 0.000000155. The van der Waals surface area contributed by atoms with E-state index in [2.05, 4.69) is 210 Å². The van der Waals surface area contributed by atoms with Gasteiger partial charge in [0.2, 0.25) is 0 Å². The lowest BCUT2D eigenvalue weighted by Gasteiger charge is -2.32. The van der Waals surface area contributed by atoms with Gasteiger partial charge in [0.05, 0.1) is 60.1 Å². The first-order valence-electron chi connectivity index (χ1n) is 27.6. The molecule has 3 aliphatic heterocycles. The minimum atomic E-state index is -0.476. The zero-order valence-electron chi connectivity index (χ0n) is 48.0. The SMILES string of the molecule is Brc1cccc2c1oc1ccc(-n3c4ccccc4c4ccccc43)cc12.C.C.C.CC1(C)OB(B2OC(C)(C)C(C)(C)O2)OC1(C)C.CC1(C)OB(c2cccc3c2oc2ccc(-n4c5ccccc5c5ccccc54)cc23)OC1(C)C.[B]. The van der Waals surface area contributed by atoms with E-state index in [9.17, 15) is 0 Å². The highest BCUT2D eigenvalue weighted by Gasteiger charge is 2.64. The minimum absolute atomic E-state index is 0. The van der Waals surface area contributed by atoms with E-state index >= 15 is 0 Å². The van der Waals surface area contributed by atoms with Gasteiger partial charge in [0.15, 0.2) is 0 Å². The van der Waals surface area contributed by atoms with Crippen molar-refractivity contribution in [3.05, 3.63) is 174 Å². The van der Waals surface area contributed by atoms with Gasteiger partial charge in [0.1, 0.15) is 22.3 Å². The molecule has 12 aromatic rings. The summed E-state index contributed by atoms with van der Waals surface area (Å²) in [6, 6.07) is 59.6. The van der Waals surface area contributed by atoms with Crippen LogP contribution in [0.5, 0.6) is 0 Å². The molecule has 4 aromatic heterocycles. The van der Waals surface area contributed by atoms with Crippen molar-refractivity contribution in [1.82, 2.24) is 9.13 Å². The molecule has 0 aliphatic carbocycles. The third-order valence-corrected chi connectivity index (χ3v) is 18.5. The monoisotopic (exact) mass is 1180 g/mol. The quantitative estimate of drug-likeness (QED) is 0.161. The largest absolute Gasteiger partial charge is 0.498 e. The number of furan rings is 2. The predicted molar refractivity (Wildman–Crippen MR) is 358 cm³/mol. The first kappa shape index (κ1) is 62.0. The van der Waals surface area contributed by atoms with Crippen LogP contribution in [0.3, 0.4) is 0 Å². The Labute approximate surface area is 506 Å². The van der Waals surface area contributed by atoms with Gasteiger partial charge in [-0.25, -0.2) is 0 Å². The van der Waals surface area contributed by atoms with Crippen LogP contribution < -0.4 is 5.46 Å². The molecule has 84 heavy (non-hydrogen) atoms. The van der Waals surface area contributed by atoms with E-state index in [1.165, 1.54) is 43.6 Å². The van der Waals surface area contributed by atoms with Gasteiger partial charge in [-0.3, -0.25) is 0 Å². The normalized spacial score (nSPS) is 17.9. The fourth-order valence-corrected chi connectivity index (χ4v) is 11.8. The minimum Gasteiger partial charge on any atom is -0.456 e. The average Bonchev–Trinajstić information content (AvgIpc) is 4.40. The molecule has 15 rings (SSSR count). The molecule has 429 valence electrons. The summed E-state index contributed by atoms with van der Waals surface area (Å²) in [5.74, 6) is 0. The van der Waals surface area contributed by atoms with E-state index < -0.39 is 32.3 Å². The fraction of sp³-hybridized carbons (Fsp3) is 0.304. The highest BCUT2D eigenvalue weighted by atomic mass is 79.9. The van der Waals surface area contributed by atoms with Crippen molar-refractivity contribution in [2.24, 2.45) is 0 Å². The molecule has 0 amide bonds. The maximum absolute atomic E-state index is 6.41. The van der Waals surface area contributed by atoms with Crippen LogP contribution in [0, 0.1) is 0 Å². The van der Waals surface area contributed by atoms with Crippen molar-refractivity contribution in [3.8, 4) is 11.4 Å². The van der Waals surface area contributed by atoms with Crippen LogP contribution in [-0.2, 0) is 27.9 Å². The average molecular weight is 1180 g/mol. The molecule has 3 fully saturated rings. The molecule has 3 aliphatic rings. The Morgan fingerprint density at radius 3 is 1.02 bits per heavy atom. The molecular weight excluding hydrogens is 1110 g/mol. The van der Waals surface area contributed by atoms with Crippen LogP contribution >= 0.6 is 15.9 Å². The van der Waals surface area contributed by atoms with Crippen molar-refractivity contribution < 1.29 is 36.8 Å². The zero-order chi connectivity index (χ0) is 55.9. The second-order valence-electron chi connectivity index (χ2n) is 24.5. The number of nitrogens with zero attached hydrogens (tertiary/aromatic N) is 2. The van der Waals surface area contributed by atoms with Crippen LogP contribution in [0.25, 0.3) is 98.9 Å². The maximum Gasteiger partial charge on any atom is 0.498 e. The number of rotatable bonds is 4. The summed E-state index contributed by atoms with van der Waals surface area (Å²) in [7, 11) is -1.42. The van der Waals surface area contributed by atoms with E-state index in [0.717, 1.165) is 65.2 Å². The summed E-state index contributed by atoms with van der Waals surface area (Å²) in [6.45, 7) is 24.5.